The predicted octanol–water partition coefficient (Wildman–Crippen LogP) is 3.56. The van der Waals surface area contributed by atoms with Crippen LogP contribution in [0, 0.1) is 5.82 Å². The van der Waals surface area contributed by atoms with Crippen molar-refractivity contribution in [2.75, 3.05) is 19.6 Å². The maximum absolute atomic E-state index is 15.6. The highest BCUT2D eigenvalue weighted by molar-refractivity contribution is 6.55. The standard InChI is InChI=1S/C20H29BF2N2O2/c1-19(2)20(3,4)27-21(26-19)18(23)17(14-7-9-15(22)10-8-14)13-25-11-5-6-16(24)12-25/h7-10,16H,5-6,11-13,24H2,1-4H3. The highest BCUT2D eigenvalue weighted by atomic mass is 19.1. The van der Waals surface area contributed by atoms with Crippen LogP contribution in [0.5, 0.6) is 0 Å². The Balaban J connectivity index is 1.93. The van der Waals surface area contributed by atoms with Crippen LogP contribution >= 0.6 is 0 Å². The fraction of sp³-hybridized carbons (Fsp3) is 0.600. The van der Waals surface area contributed by atoms with Crippen LogP contribution in [0.15, 0.2) is 30.0 Å². The first-order valence-corrected chi connectivity index (χ1v) is 9.57. The summed E-state index contributed by atoms with van der Waals surface area (Å²) in [5, 5.41) is 0. The van der Waals surface area contributed by atoms with Gasteiger partial charge in [0, 0.05) is 24.7 Å². The lowest BCUT2D eigenvalue weighted by molar-refractivity contribution is 0.00578. The minimum Gasteiger partial charge on any atom is -0.398 e. The number of rotatable bonds is 4. The van der Waals surface area contributed by atoms with Crippen LogP contribution in [0.1, 0.15) is 46.1 Å². The molecule has 2 N–H and O–H groups in total. The van der Waals surface area contributed by atoms with E-state index in [4.69, 9.17) is 15.0 Å². The summed E-state index contributed by atoms with van der Waals surface area (Å²) in [5.41, 5.74) is 5.45. The molecule has 0 saturated carbocycles. The molecule has 0 bridgehead atoms. The number of hydrogen-bond acceptors (Lipinski definition) is 4. The van der Waals surface area contributed by atoms with Crippen molar-refractivity contribution in [3.8, 4) is 0 Å². The van der Waals surface area contributed by atoms with Crippen molar-refractivity contribution < 1.29 is 18.1 Å². The van der Waals surface area contributed by atoms with Gasteiger partial charge in [-0.05, 0) is 64.8 Å². The molecule has 0 amide bonds. The van der Waals surface area contributed by atoms with E-state index in [2.05, 4.69) is 4.90 Å². The van der Waals surface area contributed by atoms with Gasteiger partial charge in [-0.25, -0.2) is 8.78 Å². The van der Waals surface area contributed by atoms with Crippen molar-refractivity contribution in [2.24, 2.45) is 5.73 Å². The van der Waals surface area contributed by atoms with Gasteiger partial charge in [-0.15, -0.1) is 0 Å². The lowest BCUT2D eigenvalue weighted by Crippen LogP contribution is -2.43. The van der Waals surface area contributed by atoms with E-state index in [9.17, 15) is 4.39 Å². The van der Waals surface area contributed by atoms with Crippen LogP contribution in [0.4, 0.5) is 8.78 Å². The molecule has 2 aliphatic rings. The Morgan fingerprint density at radius 3 is 2.33 bits per heavy atom. The fourth-order valence-corrected chi connectivity index (χ4v) is 3.50. The summed E-state index contributed by atoms with van der Waals surface area (Å²) < 4.78 is 40.7. The molecule has 0 radical (unpaired) electrons. The van der Waals surface area contributed by atoms with Crippen LogP contribution in [0.2, 0.25) is 0 Å². The van der Waals surface area contributed by atoms with Crippen LogP contribution < -0.4 is 5.73 Å². The molecular weight excluding hydrogens is 349 g/mol. The lowest BCUT2D eigenvalue weighted by Gasteiger charge is -2.32. The third-order valence-corrected chi connectivity index (χ3v) is 5.86. The van der Waals surface area contributed by atoms with E-state index in [1.54, 1.807) is 12.1 Å². The zero-order chi connectivity index (χ0) is 19.8. The molecule has 1 unspecified atom stereocenters. The van der Waals surface area contributed by atoms with E-state index in [-0.39, 0.29) is 11.9 Å². The van der Waals surface area contributed by atoms with E-state index in [1.807, 2.05) is 27.7 Å². The fourth-order valence-electron chi connectivity index (χ4n) is 3.50. The van der Waals surface area contributed by atoms with Crippen LogP contribution in [-0.4, -0.2) is 48.9 Å². The Hall–Kier alpha value is -1.28. The molecule has 3 rings (SSSR count). The summed E-state index contributed by atoms with van der Waals surface area (Å²) in [6, 6.07) is 5.97. The molecule has 0 spiro atoms. The first-order chi connectivity index (χ1) is 12.6. The quantitative estimate of drug-likeness (QED) is 0.814. The van der Waals surface area contributed by atoms with Crippen molar-refractivity contribution in [1.29, 1.82) is 0 Å². The van der Waals surface area contributed by atoms with Gasteiger partial charge in [-0.2, -0.15) is 0 Å². The summed E-state index contributed by atoms with van der Waals surface area (Å²) in [6.45, 7) is 9.51. The minimum atomic E-state index is -1.08. The Labute approximate surface area is 160 Å². The number of nitrogens with zero attached hydrogens (tertiary/aromatic N) is 1. The third kappa shape index (κ3) is 4.42. The smallest absolute Gasteiger partial charge is 0.398 e. The number of halogens is 2. The highest BCUT2D eigenvalue weighted by Crippen LogP contribution is 2.40. The summed E-state index contributed by atoms with van der Waals surface area (Å²) >= 11 is 0. The molecule has 148 valence electrons. The van der Waals surface area contributed by atoms with Gasteiger partial charge in [0.1, 0.15) is 11.5 Å². The molecule has 2 fully saturated rings. The summed E-state index contributed by atoms with van der Waals surface area (Å²) in [5.74, 6) is -0.353. The van der Waals surface area contributed by atoms with Gasteiger partial charge in [0.2, 0.25) is 0 Å². The zero-order valence-electron chi connectivity index (χ0n) is 16.6. The lowest BCUT2D eigenvalue weighted by atomic mass is 9.82. The molecule has 0 aromatic heterocycles. The van der Waals surface area contributed by atoms with Crippen LogP contribution in [-0.2, 0) is 9.31 Å². The maximum atomic E-state index is 15.6. The second-order valence-electron chi connectivity index (χ2n) is 8.56. The van der Waals surface area contributed by atoms with Crippen molar-refractivity contribution in [2.45, 2.75) is 57.8 Å². The molecule has 4 nitrogen and oxygen atoms in total. The van der Waals surface area contributed by atoms with E-state index in [0.717, 1.165) is 19.4 Å². The maximum Gasteiger partial charge on any atom is 0.525 e. The van der Waals surface area contributed by atoms with Gasteiger partial charge < -0.3 is 15.0 Å². The van der Waals surface area contributed by atoms with Crippen LogP contribution in [0.25, 0.3) is 5.57 Å². The average Bonchev–Trinajstić information content (AvgIpc) is 2.81. The van der Waals surface area contributed by atoms with Crippen LogP contribution in [0.3, 0.4) is 0 Å². The largest absolute Gasteiger partial charge is 0.525 e. The van der Waals surface area contributed by atoms with Gasteiger partial charge in [0.25, 0.3) is 0 Å². The number of hydrogen-bond donors (Lipinski definition) is 1. The van der Waals surface area contributed by atoms with Gasteiger partial charge in [-0.3, -0.25) is 4.90 Å². The van der Waals surface area contributed by atoms with E-state index in [1.165, 1.54) is 12.1 Å². The van der Waals surface area contributed by atoms with Gasteiger partial charge in [0.15, 0.2) is 0 Å². The molecule has 7 heteroatoms. The molecule has 0 aliphatic carbocycles. The zero-order valence-corrected chi connectivity index (χ0v) is 16.6. The van der Waals surface area contributed by atoms with Crippen molar-refractivity contribution in [3.63, 3.8) is 0 Å². The third-order valence-electron chi connectivity index (χ3n) is 5.86. The first kappa shape index (κ1) is 20.5. The second-order valence-corrected chi connectivity index (χ2v) is 8.56. The average molecular weight is 378 g/mol. The SMILES string of the molecule is CC1(C)OB(C(F)=C(CN2CCCC(N)C2)c2ccc(F)cc2)OC1(C)C. The Bertz CT molecular complexity index is 690. The summed E-state index contributed by atoms with van der Waals surface area (Å²) in [7, 11) is -1.08. The number of nitrogens with two attached hydrogens (primary N) is 1. The monoisotopic (exact) mass is 378 g/mol. The molecule has 2 saturated heterocycles. The van der Waals surface area contributed by atoms with E-state index >= 15 is 4.39 Å². The minimum absolute atomic E-state index is 0.0909. The Morgan fingerprint density at radius 1 is 1.19 bits per heavy atom. The van der Waals surface area contributed by atoms with Gasteiger partial charge >= 0.3 is 7.12 Å². The number of likely N-dealkylation sites (tertiary alicyclic amines) is 1. The van der Waals surface area contributed by atoms with Crippen molar-refractivity contribution >= 4 is 12.7 Å². The molecule has 1 aromatic carbocycles. The number of piperidine rings is 1. The van der Waals surface area contributed by atoms with Gasteiger partial charge in [0.05, 0.1) is 11.2 Å². The van der Waals surface area contributed by atoms with Crippen molar-refractivity contribution in [1.82, 2.24) is 4.90 Å². The first-order valence-electron chi connectivity index (χ1n) is 9.57. The van der Waals surface area contributed by atoms with Crippen molar-refractivity contribution in [3.05, 3.63) is 41.4 Å². The molecule has 1 aromatic rings. The normalized spacial score (nSPS) is 26.2. The molecule has 2 heterocycles. The highest BCUT2D eigenvalue weighted by Gasteiger charge is 2.53. The van der Waals surface area contributed by atoms with E-state index in [0.29, 0.717) is 24.2 Å². The second kappa shape index (κ2) is 7.62. The summed E-state index contributed by atoms with van der Waals surface area (Å²) in [6.07, 6.45) is 1.96. The molecular formula is C20H29BF2N2O2. The topological polar surface area (TPSA) is 47.7 Å². The van der Waals surface area contributed by atoms with Gasteiger partial charge in [-0.1, -0.05) is 12.1 Å². The molecule has 1 atom stereocenters. The Morgan fingerprint density at radius 2 is 1.78 bits per heavy atom. The summed E-state index contributed by atoms with van der Waals surface area (Å²) in [4.78, 5) is 2.14. The number of benzene rings is 1. The van der Waals surface area contributed by atoms with E-state index < -0.39 is 24.0 Å². The predicted molar refractivity (Wildman–Crippen MR) is 104 cm³/mol. The Kier molecular flexibility index (Phi) is 5.78. The molecule has 27 heavy (non-hydrogen) atoms. The molecule has 2 aliphatic heterocycles.